The zero-order chi connectivity index (χ0) is 9.26. The van der Waals surface area contributed by atoms with Crippen LogP contribution >= 0.6 is 0 Å². The lowest BCUT2D eigenvalue weighted by atomic mass is 10.2. The highest BCUT2D eigenvalue weighted by molar-refractivity contribution is 6.01. The summed E-state index contributed by atoms with van der Waals surface area (Å²) in [5.74, 6) is 0.847. The maximum Gasteiger partial charge on any atom is 0.494 e. The number of para-hydroxylation sites is 1. The van der Waals surface area contributed by atoms with E-state index >= 15 is 0 Å². The lowest BCUT2D eigenvalue weighted by molar-refractivity contribution is 0.622. The first-order valence-corrected chi connectivity index (χ1v) is 4.67. The maximum absolute atomic E-state index is 5.25. The summed E-state index contributed by atoms with van der Waals surface area (Å²) >= 11 is 1.47. The zero-order valence-electron chi connectivity index (χ0n) is 7.45. The smallest absolute Gasteiger partial charge is 0.494 e. The maximum atomic E-state index is 5.25. The van der Waals surface area contributed by atoms with Gasteiger partial charge in [-0.25, -0.2) is 4.98 Å². The topological polar surface area (TPSA) is 22.1 Å². The molecule has 0 saturated carbocycles. The summed E-state index contributed by atoms with van der Waals surface area (Å²) in [6.07, 6.45) is 0. The van der Waals surface area contributed by atoms with Gasteiger partial charge in [-0.05, 0) is 19.1 Å². The monoisotopic (exact) mass is 186 g/mol. The van der Waals surface area contributed by atoms with Crippen LogP contribution < -0.4 is 3.79 Å². The second-order valence-electron chi connectivity index (χ2n) is 2.92. The summed E-state index contributed by atoms with van der Waals surface area (Å²) in [5, 5.41) is 1.12. The fourth-order valence-corrected chi connectivity index (χ4v) is 1.57. The predicted octanol–water partition coefficient (Wildman–Crippen LogP) is 1.74. The van der Waals surface area contributed by atoms with E-state index in [-0.39, 0.29) is 0 Å². The number of pyridine rings is 1. The van der Waals surface area contributed by atoms with Crippen molar-refractivity contribution in [3.63, 3.8) is 0 Å². The summed E-state index contributed by atoms with van der Waals surface area (Å²) in [6.45, 7) is 1.98. The van der Waals surface area contributed by atoms with Crippen molar-refractivity contribution in [2.75, 3.05) is 0 Å². The van der Waals surface area contributed by atoms with Crippen LogP contribution in [0, 0.1) is 6.92 Å². The van der Waals surface area contributed by atoms with E-state index in [1.807, 2.05) is 31.2 Å². The first-order valence-electron chi connectivity index (χ1n) is 4.09. The number of fused-ring (bicyclic) bond motifs is 1. The largest absolute Gasteiger partial charge is 0.649 e. The Balaban J connectivity index is 2.79. The van der Waals surface area contributed by atoms with Crippen molar-refractivity contribution in [1.29, 1.82) is 0 Å². The van der Waals surface area contributed by atoms with Crippen molar-refractivity contribution in [2.45, 2.75) is 6.92 Å². The molecule has 0 fully saturated rings. The third kappa shape index (κ3) is 1.53. The molecule has 0 N–H and O–H groups in total. The molecule has 0 unspecified atom stereocenters. The van der Waals surface area contributed by atoms with E-state index in [2.05, 4.69) is 11.1 Å². The number of aryl methyl sites for hydroxylation is 1. The average molecular weight is 186 g/mol. The van der Waals surface area contributed by atoms with Gasteiger partial charge in [0.25, 0.3) is 0 Å². The highest BCUT2D eigenvalue weighted by Gasteiger charge is 2.00. The fraction of sp³-hybridized carbons (Fsp3) is 0.100. The van der Waals surface area contributed by atoms with Crippen molar-refractivity contribution in [3.8, 4) is 5.75 Å². The van der Waals surface area contributed by atoms with Gasteiger partial charge in [0.15, 0.2) is 0 Å². The quantitative estimate of drug-likeness (QED) is 0.633. The minimum absolute atomic E-state index is 0.847. The normalized spacial score (nSPS) is 10.2. The molecule has 2 rings (SSSR count). The number of hydrogen-bond donors (Lipinski definition) is 0. The van der Waals surface area contributed by atoms with Crippen LogP contribution in [0.15, 0.2) is 30.3 Å². The van der Waals surface area contributed by atoms with E-state index in [0.717, 1.165) is 22.3 Å². The number of benzene rings is 1. The number of hydrogen-bond acceptors (Lipinski definition) is 2. The van der Waals surface area contributed by atoms with Crippen LogP contribution in [0.2, 0.25) is 0 Å². The SMILES string of the molecule is Cc1ccc2cccc([O][AlH])c2n1. The lowest BCUT2D eigenvalue weighted by Gasteiger charge is -2.06. The predicted molar refractivity (Wildman–Crippen MR) is 54.3 cm³/mol. The van der Waals surface area contributed by atoms with Gasteiger partial charge in [-0.15, -0.1) is 0 Å². The Bertz CT molecular complexity index is 442. The van der Waals surface area contributed by atoms with Crippen molar-refractivity contribution in [2.24, 2.45) is 0 Å². The van der Waals surface area contributed by atoms with Gasteiger partial charge in [0, 0.05) is 11.1 Å². The number of rotatable bonds is 1. The molecule has 0 aliphatic carbocycles. The molecule has 1 radical (unpaired) electrons. The highest BCUT2D eigenvalue weighted by Crippen LogP contribution is 2.22. The van der Waals surface area contributed by atoms with E-state index in [9.17, 15) is 0 Å². The summed E-state index contributed by atoms with van der Waals surface area (Å²) in [4.78, 5) is 4.43. The van der Waals surface area contributed by atoms with Crippen LogP contribution in [-0.2, 0) is 0 Å². The Kier molecular flexibility index (Phi) is 2.22. The van der Waals surface area contributed by atoms with E-state index in [1.165, 1.54) is 16.6 Å². The third-order valence-corrected chi connectivity index (χ3v) is 2.29. The molecule has 1 aromatic carbocycles. The van der Waals surface area contributed by atoms with E-state index < -0.39 is 0 Å². The number of aromatic nitrogens is 1. The average Bonchev–Trinajstić information content (AvgIpc) is 2.17. The van der Waals surface area contributed by atoms with Gasteiger partial charge in [-0.1, -0.05) is 18.2 Å². The minimum atomic E-state index is 0.847. The van der Waals surface area contributed by atoms with Gasteiger partial charge in [0.2, 0.25) is 0 Å². The summed E-state index contributed by atoms with van der Waals surface area (Å²) in [6, 6.07) is 10.0. The van der Waals surface area contributed by atoms with Crippen molar-refractivity contribution < 1.29 is 3.79 Å². The molecule has 1 aromatic heterocycles. The van der Waals surface area contributed by atoms with E-state index in [4.69, 9.17) is 3.79 Å². The Morgan fingerprint density at radius 1 is 1.23 bits per heavy atom. The first-order chi connectivity index (χ1) is 6.31. The van der Waals surface area contributed by atoms with Crippen molar-refractivity contribution >= 4 is 27.5 Å². The van der Waals surface area contributed by atoms with E-state index in [1.54, 1.807) is 0 Å². The molecule has 0 amide bonds. The van der Waals surface area contributed by atoms with Gasteiger partial charge in [-0.2, -0.15) is 0 Å². The van der Waals surface area contributed by atoms with Crippen LogP contribution in [0.4, 0.5) is 0 Å². The van der Waals surface area contributed by atoms with Gasteiger partial charge in [0.1, 0.15) is 11.3 Å². The fourth-order valence-electron chi connectivity index (χ4n) is 1.33. The van der Waals surface area contributed by atoms with Gasteiger partial charge < -0.3 is 3.79 Å². The second kappa shape index (κ2) is 3.37. The van der Waals surface area contributed by atoms with Gasteiger partial charge >= 0.3 is 16.6 Å². The molecular formula is C10H9AlNO. The van der Waals surface area contributed by atoms with Crippen LogP contribution in [0.25, 0.3) is 10.9 Å². The summed E-state index contributed by atoms with van der Waals surface area (Å²) in [5.41, 5.74) is 1.96. The molecule has 0 atom stereocenters. The van der Waals surface area contributed by atoms with Crippen LogP contribution in [0.1, 0.15) is 5.69 Å². The Morgan fingerprint density at radius 3 is 2.85 bits per heavy atom. The lowest BCUT2D eigenvalue weighted by Crippen LogP contribution is -1.90. The molecule has 0 aliphatic rings. The number of nitrogens with zero attached hydrogens (tertiary/aromatic N) is 1. The molecule has 2 aromatic rings. The zero-order valence-corrected chi connectivity index (χ0v) is 8.86. The summed E-state index contributed by atoms with van der Waals surface area (Å²) in [7, 11) is 0. The molecule has 2 nitrogen and oxygen atoms in total. The van der Waals surface area contributed by atoms with Gasteiger partial charge in [-0.3, -0.25) is 0 Å². The molecule has 0 saturated heterocycles. The molecule has 13 heavy (non-hydrogen) atoms. The molecule has 0 bridgehead atoms. The van der Waals surface area contributed by atoms with Crippen molar-refractivity contribution in [3.05, 3.63) is 36.0 Å². The van der Waals surface area contributed by atoms with Crippen LogP contribution in [0.3, 0.4) is 0 Å². The summed E-state index contributed by atoms with van der Waals surface area (Å²) < 4.78 is 5.25. The molecule has 63 valence electrons. The molecule has 3 heteroatoms. The van der Waals surface area contributed by atoms with Crippen LogP contribution in [-0.4, -0.2) is 21.6 Å². The molecular weight excluding hydrogens is 177 g/mol. The molecule has 0 aliphatic heterocycles. The third-order valence-electron chi connectivity index (χ3n) is 1.98. The Morgan fingerprint density at radius 2 is 2.08 bits per heavy atom. The first kappa shape index (κ1) is 8.56. The minimum Gasteiger partial charge on any atom is -0.649 e. The standard InChI is InChI=1S/C10H9NO.Al.H/c1-7-5-6-8-3-2-4-9(12)10(8)11-7;;/h2-6,12H,1H3;;/q;+1;/p-1. The molecule has 0 spiro atoms. The van der Waals surface area contributed by atoms with E-state index in [0.29, 0.717) is 0 Å². The Labute approximate surface area is 85.3 Å². The Hall–Kier alpha value is -1.04. The van der Waals surface area contributed by atoms with Crippen LogP contribution in [0.5, 0.6) is 5.75 Å². The highest BCUT2D eigenvalue weighted by atomic mass is 27.1. The second-order valence-corrected chi connectivity index (χ2v) is 3.21. The molecule has 1 heterocycles. The van der Waals surface area contributed by atoms with Gasteiger partial charge in [0.05, 0.1) is 0 Å². The van der Waals surface area contributed by atoms with Crippen molar-refractivity contribution in [1.82, 2.24) is 4.98 Å².